The molecule has 3 amide bonds. The maximum Gasteiger partial charge on any atom is 0.280 e. The molecule has 0 unspecified atom stereocenters. The first-order valence-electron chi connectivity index (χ1n) is 7.86. The van der Waals surface area contributed by atoms with Gasteiger partial charge in [-0.2, -0.15) is 5.01 Å². The Kier molecular flexibility index (Phi) is 3.35. The lowest BCUT2D eigenvalue weighted by molar-refractivity contribution is -0.118. The van der Waals surface area contributed by atoms with Gasteiger partial charge in [-0.1, -0.05) is 42.5 Å². The Hall–Kier alpha value is -3.47. The second kappa shape index (κ2) is 5.56. The summed E-state index contributed by atoms with van der Waals surface area (Å²) in [6, 6.07) is 19.3. The molecule has 4 rings (SSSR count). The Morgan fingerprint density at radius 2 is 1.36 bits per heavy atom. The van der Waals surface area contributed by atoms with Crippen LogP contribution < -0.4 is 5.01 Å². The minimum Gasteiger partial charge on any atom is -0.273 e. The fourth-order valence-electron chi connectivity index (χ4n) is 3.21. The number of benzene rings is 3. The molecule has 3 aromatic carbocycles. The fourth-order valence-corrected chi connectivity index (χ4v) is 3.21. The molecule has 0 saturated carbocycles. The van der Waals surface area contributed by atoms with E-state index in [0.29, 0.717) is 22.2 Å². The molecule has 3 aromatic rings. The first-order chi connectivity index (χ1) is 12.1. The number of carbonyl (C=O) groups excluding carboxylic acids is 3. The molecule has 0 radical (unpaired) electrons. The monoisotopic (exact) mass is 330 g/mol. The molecule has 0 fully saturated rings. The minimum absolute atomic E-state index is 0.412. The zero-order chi connectivity index (χ0) is 17.6. The van der Waals surface area contributed by atoms with Crippen LogP contribution in [-0.4, -0.2) is 22.7 Å². The Morgan fingerprint density at radius 3 is 1.88 bits per heavy atom. The summed E-state index contributed by atoms with van der Waals surface area (Å²) in [7, 11) is 0. The third-order valence-electron chi connectivity index (χ3n) is 4.25. The van der Waals surface area contributed by atoms with Gasteiger partial charge < -0.3 is 0 Å². The summed E-state index contributed by atoms with van der Waals surface area (Å²) in [4.78, 5) is 38.4. The van der Waals surface area contributed by atoms with Crippen LogP contribution in [0.3, 0.4) is 0 Å². The van der Waals surface area contributed by atoms with Crippen LogP contribution in [0.5, 0.6) is 0 Å². The van der Waals surface area contributed by atoms with E-state index in [0.717, 1.165) is 15.4 Å². The van der Waals surface area contributed by atoms with Gasteiger partial charge in [-0.15, -0.1) is 0 Å². The van der Waals surface area contributed by atoms with Crippen molar-refractivity contribution in [2.75, 3.05) is 5.01 Å². The van der Waals surface area contributed by atoms with Crippen LogP contribution in [0.1, 0.15) is 27.6 Å². The molecule has 1 heterocycles. The van der Waals surface area contributed by atoms with Crippen molar-refractivity contribution in [1.29, 1.82) is 0 Å². The molecule has 0 N–H and O–H groups in total. The maximum atomic E-state index is 13.0. The zero-order valence-electron chi connectivity index (χ0n) is 13.5. The van der Waals surface area contributed by atoms with Crippen molar-refractivity contribution in [3.8, 4) is 0 Å². The van der Waals surface area contributed by atoms with Crippen molar-refractivity contribution in [2.24, 2.45) is 0 Å². The second-order valence-corrected chi connectivity index (χ2v) is 5.80. The Bertz CT molecular complexity index is 977. The van der Waals surface area contributed by atoms with Gasteiger partial charge in [-0.25, -0.2) is 5.01 Å². The van der Waals surface area contributed by atoms with Crippen molar-refractivity contribution in [1.82, 2.24) is 5.01 Å². The third kappa shape index (κ3) is 2.21. The predicted molar refractivity (Wildman–Crippen MR) is 94.1 cm³/mol. The van der Waals surface area contributed by atoms with Crippen LogP contribution in [0.25, 0.3) is 10.8 Å². The number of hydrogen-bond acceptors (Lipinski definition) is 3. The minimum atomic E-state index is -0.506. The van der Waals surface area contributed by atoms with E-state index in [1.54, 1.807) is 54.6 Å². The summed E-state index contributed by atoms with van der Waals surface area (Å²) in [6.07, 6.45) is 0. The average Bonchev–Trinajstić information content (AvgIpc) is 2.63. The van der Waals surface area contributed by atoms with Crippen molar-refractivity contribution >= 4 is 34.2 Å². The number of hydrogen-bond donors (Lipinski definition) is 0. The van der Waals surface area contributed by atoms with Crippen LogP contribution in [0, 0.1) is 0 Å². The van der Waals surface area contributed by atoms with Gasteiger partial charge in [0.25, 0.3) is 11.8 Å². The molecule has 0 aromatic heterocycles. The van der Waals surface area contributed by atoms with Gasteiger partial charge in [-0.05, 0) is 29.7 Å². The molecule has 25 heavy (non-hydrogen) atoms. The van der Waals surface area contributed by atoms with E-state index in [9.17, 15) is 14.4 Å². The number of carbonyl (C=O) groups is 3. The van der Waals surface area contributed by atoms with Crippen LogP contribution in [0.4, 0.5) is 5.69 Å². The van der Waals surface area contributed by atoms with E-state index in [1.807, 2.05) is 12.1 Å². The van der Waals surface area contributed by atoms with Crippen molar-refractivity contribution in [3.63, 3.8) is 0 Å². The smallest absolute Gasteiger partial charge is 0.273 e. The number of rotatable bonds is 2. The zero-order valence-corrected chi connectivity index (χ0v) is 13.5. The molecule has 5 heteroatoms. The van der Waals surface area contributed by atoms with Crippen molar-refractivity contribution in [2.45, 2.75) is 6.92 Å². The number of para-hydroxylation sites is 1. The highest BCUT2D eigenvalue weighted by Crippen LogP contribution is 2.32. The van der Waals surface area contributed by atoms with Crippen LogP contribution in [-0.2, 0) is 4.79 Å². The Labute approximate surface area is 144 Å². The van der Waals surface area contributed by atoms with Gasteiger partial charge >= 0.3 is 0 Å². The van der Waals surface area contributed by atoms with Gasteiger partial charge in [0.1, 0.15) is 0 Å². The highest BCUT2D eigenvalue weighted by molar-refractivity contribution is 6.27. The standard InChI is InChI=1S/C20H14N2O3/c1-13(23)21(15-9-3-2-4-10-15)22-19(24)16-11-5-7-14-8-6-12-17(18(14)16)20(22)25/h2-12H,1H3. The van der Waals surface area contributed by atoms with E-state index in [4.69, 9.17) is 0 Å². The van der Waals surface area contributed by atoms with Gasteiger partial charge in [0.15, 0.2) is 0 Å². The van der Waals surface area contributed by atoms with E-state index in [2.05, 4.69) is 0 Å². The molecule has 1 aliphatic heterocycles. The summed E-state index contributed by atoms with van der Waals surface area (Å²) in [5, 5.41) is 3.51. The van der Waals surface area contributed by atoms with E-state index in [1.165, 1.54) is 6.92 Å². The quantitative estimate of drug-likeness (QED) is 0.677. The molecule has 0 spiro atoms. The maximum absolute atomic E-state index is 13.0. The first kappa shape index (κ1) is 15.1. The Morgan fingerprint density at radius 1 is 0.800 bits per heavy atom. The number of imide groups is 1. The van der Waals surface area contributed by atoms with Crippen molar-refractivity contribution in [3.05, 3.63) is 77.9 Å². The van der Waals surface area contributed by atoms with E-state index < -0.39 is 17.7 Å². The Balaban J connectivity index is 1.94. The molecule has 0 saturated heterocycles. The number of nitrogens with zero attached hydrogens (tertiary/aromatic N) is 2. The number of anilines is 1. The molecule has 5 nitrogen and oxygen atoms in total. The normalized spacial score (nSPS) is 13.2. The third-order valence-corrected chi connectivity index (χ3v) is 4.25. The average molecular weight is 330 g/mol. The van der Waals surface area contributed by atoms with Crippen LogP contribution in [0.2, 0.25) is 0 Å². The summed E-state index contributed by atoms with van der Waals surface area (Å²) >= 11 is 0. The second-order valence-electron chi connectivity index (χ2n) is 5.80. The largest absolute Gasteiger partial charge is 0.280 e. The molecular weight excluding hydrogens is 316 g/mol. The lowest BCUT2D eigenvalue weighted by Crippen LogP contribution is -2.54. The van der Waals surface area contributed by atoms with Crippen LogP contribution in [0.15, 0.2) is 66.7 Å². The predicted octanol–water partition coefficient (Wildman–Crippen LogP) is 3.40. The topological polar surface area (TPSA) is 57.7 Å². The molecular formula is C20H14N2O3. The van der Waals surface area contributed by atoms with Crippen molar-refractivity contribution < 1.29 is 14.4 Å². The molecule has 0 bridgehead atoms. The van der Waals surface area contributed by atoms with Gasteiger partial charge in [0.2, 0.25) is 5.91 Å². The molecule has 1 aliphatic rings. The molecule has 0 aliphatic carbocycles. The van der Waals surface area contributed by atoms with Gasteiger partial charge in [0.05, 0.1) is 16.8 Å². The van der Waals surface area contributed by atoms with Gasteiger partial charge in [0, 0.05) is 12.3 Å². The lowest BCUT2D eigenvalue weighted by atomic mass is 9.95. The first-order valence-corrected chi connectivity index (χ1v) is 7.86. The number of amides is 3. The summed E-state index contributed by atoms with van der Waals surface area (Å²) in [5.41, 5.74) is 1.29. The van der Waals surface area contributed by atoms with E-state index >= 15 is 0 Å². The SMILES string of the molecule is CC(=O)N(c1ccccc1)N1C(=O)c2cccc3cccc(c23)C1=O. The number of hydrazine groups is 1. The molecule has 122 valence electrons. The summed E-state index contributed by atoms with van der Waals surface area (Å²) in [6.45, 7) is 1.33. The summed E-state index contributed by atoms with van der Waals surface area (Å²) in [5.74, 6) is -1.43. The molecule has 0 atom stereocenters. The van der Waals surface area contributed by atoms with E-state index in [-0.39, 0.29) is 0 Å². The highest BCUT2D eigenvalue weighted by Gasteiger charge is 2.38. The van der Waals surface area contributed by atoms with Crippen LogP contribution >= 0.6 is 0 Å². The fraction of sp³-hybridized carbons (Fsp3) is 0.0500. The van der Waals surface area contributed by atoms with Gasteiger partial charge in [-0.3, -0.25) is 14.4 Å². The lowest BCUT2D eigenvalue weighted by Gasteiger charge is -2.35. The highest BCUT2D eigenvalue weighted by atomic mass is 16.2. The summed E-state index contributed by atoms with van der Waals surface area (Å²) < 4.78 is 0.